The van der Waals surface area contributed by atoms with Crippen LogP contribution in [-0.2, 0) is 16.0 Å². The van der Waals surface area contributed by atoms with Gasteiger partial charge in [-0.2, -0.15) is 0 Å². The molecule has 0 bridgehead atoms. The number of halogens is 1. The summed E-state index contributed by atoms with van der Waals surface area (Å²) in [5.41, 5.74) is 2.62. The molecule has 1 heterocycles. The van der Waals surface area contributed by atoms with Gasteiger partial charge in [0.25, 0.3) is 5.91 Å². The number of esters is 1. The van der Waals surface area contributed by atoms with E-state index in [0.717, 1.165) is 5.56 Å². The Labute approximate surface area is 168 Å². The molecule has 1 amide bonds. The van der Waals surface area contributed by atoms with Gasteiger partial charge in [-0.3, -0.25) is 4.79 Å². The predicted octanol–water partition coefficient (Wildman–Crippen LogP) is 3.71. The summed E-state index contributed by atoms with van der Waals surface area (Å²) < 4.78 is 15.5. The number of hydrogen-bond acceptors (Lipinski definition) is 5. The van der Waals surface area contributed by atoms with Crippen LogP contribution in [0.1, 0.15) is 41.3 Å². The Bertz CT molecular complexity index is 864. The molecule has 0 aliphatic carbocycles. The van der Waals surface area contributed by atoms with Gasteiger partial charge in [0, 0.05) is 6.54 Å². The number of ether oxygens (including phenoxy) is 3. The number of rotatable bonds is 7. The lowest BCUT2D eigenvalue weighted by atomic mass is 10.0. The summed E-state index contributed by atoms with van der Waals surface area (Å²) in [6, 6.07) is 11.2. The predicted molar refractivity (Wildman–Crippen MR) is 105 cm³/mol. The molecule has 2 aromatic carbocycles. The first-order chi connectivity index (χ1) is 13.4. The fourth-order valence-corrected chi connectivity index (χ4v) is 3.03. The molecule has 7 heteroatoms. The smallest absolute Gasteiger partial charge is 0.338 e. The molecule has 148 valence electrons. The number of carbonyl (C=O) groups is 2. The molecule has 0 atom stereocenters. The van der Waals surface area contributed by atoms with Gasteiger partial charge >= 0.3 is 5.97 Å². The first kappa shape index (κ1) is 20.0. The monoisotopic (exact) mass is 403 g/mol. The lowest BCUT2D eigenvalue weighted by Crippen LogP contribution is -2.30. The van der Waals surface area contributed by atoms with Crippen molar-refractivity contribution in [2.45, 2.75) is 26.2 Å². The highest BCUT2D eigenvalue weighted by Crippen LogP contribution is 2.39. The number of carbonyl (C=O) groups excluding carboxylic acids is 2. The van der Waals surface area contributed by atoms with Gasteiger partial charge in [0.1, 0.15) is 0 Å². The van der Waals surface area contributed by atoms with Crippen LogP contribution in [0.25, 0.3) is 0 Å². The Balaban J connectivity index is 1.43. The summed E-state index contributed by atoms with van der Waals surface area (Å²) in [5.74, 6) is 0.256. The van der Waals surface area contributed by atoms with Gasteiger partial charge in [0.05, 0.1) is 10.6 Å². The van der Waals surface area contributed by atoms with E-state index < -0.39 is 5.97 Å². The van der Waals surface area contributed by atoms with Crippen LogP contribution in [0.15, 0.2) is 36.4 Å². The first-order valence-electron chi connectivity index (χ1n) is 9.06. The summed E-state index contributed by atoms with van der Waals surface area (Å²) in [6.45, 7) is 4.45. The van der Waals surface area contributed by atoms with E-state index in [1.54, 1.807) is 0 Å². The minimum Gasteiger partial charge on any atom is -0.454 e. The summed E-state index contributed by atoms with van der Waals surface area (Å²) >= 11 is 6.04. The van der Waals surface area contributed by atoms with Crippen LogP contribution in [0, 0.1) is 0 Å². The number of hydrogen-bond donors (Lipinski definition) is 1. The molecule has 0 saturated carbocycles. The SMILES string of the molecule is CC(C)c1ccc(CCNC(=O)COC(=O)c2cc(Cl)c3c(c2)OCO3)cc1. The van der Waals surface area contributed by atoms with Crippen molar-refractivity contribution in [1.29, 1.82) is 0 Å². The maximum Gasteiger partial charge on any atom is 0.338 e. The minimum absolute atomic E-state index is 0.0517. The van der Waals surface area contributed by atoms with Gasteiger partial charge in [-0.25, -0.2) is 4.79 Å². The molecule has 0 saturated heterocycles. The maximum absolute atomic E-state index is 12.1. The Morgan fingerprint density at radius 3 is 2.64 bits per heavy atom. The van der Waals surface area contributed by atoms with Crippen molar-refractivity contribution >= 4 is 23.5 Å². The zero-order valence-corrected chi connectivity index (χ0v) is 16.5. The topological polar surface area (TPSA) is 73.9 Å². The fourth-order valence-electron chi connectivity index (χ4n) is 2.77. The second-order valence-electron chi connectivity index (χ2n) is 6.76. The summed E-state index contributed by atoms with van der Waals surface area (Å²) in [5, 5.41) is 3.00. The summed E-state index contributed by atoms with van der Waals surface area (Å²) in [6.07, 6.45) is 0.704. The number of fused-ring (bicyclic) bond motifs is 1. The standard InChI is InChI=1S/C21H22ClNO5/c1-13(2)15-5-3-14(4-6-15)7-8-23-19(24)11-26-21(25)16-9-17(22)20-18(10-16)27-12-28-20/h3-6,9-10,13H,7-8,11-12H2,1-2H3,(H,23,24). The molecule has 1 N–H and O–H groups in total. The molecule has 0 aromatic heterocycles. The van der Waals surface area contributed by atoms with Crippen LogP contribution < -0.4 is 14.8 Å². The van der Waals surface area contributed by atoms with Crippen molar-refractivity contribution in [3.63, 3.8) is 0 Å². The van der Waals surface area contributed by atoms with Crippen LogP contribution in [0.3, 0.4) is 0 Å². The average Bonchev–Trinajstić information content (AvgIpc) is 3.16. The van der Waals surface area contributed by atoms with E-state index in [-0.39, 0.29) is 29.9 Å². The Morgan fingerprint density at radius 1 is 1.18 bits per heavy atom. The molecule has 28 heavy (non-hydrogen) atoms. The fraction of sp³-hybridized carbons (Fsp3) is 0.333. The highest BCUT2D eigenvalue weighted by atomic mass is 35.5. The van der Waals surface area contributed by atoms with Crippen molar-refractivity contribution in [2.75, 3.05) is 19.9 Å². The van der Waals surface area contributed by atoms with Crippen LogP contribution in [0.5, 0.6) is 11.5 Å². The van der Waals surface area contributed by atoms with E-state index in [1.807, 2.05) is 0 Å². The lowest BCUT2D eigenvalue weighted by Gasteiger charge is -2.09. The maximum atomic E-state index is 12.1. The van der Waals surface area contributed by atoms with Crippen LogP contribution >= 0.6 is 11.6 Å². The largest absolute Gasteiger partial charge is 0.454 e. The van der Waals surface area contributed by atoms with Crippen LogP contribution in [0.4, 0.5) is 0 Å². The van der Waals surface area contributed by atoms with Crippen molar-refractivity contribution in [1.82, 2.24) is 5.32 Å². The number of nitrogens with one attached hydrogen (secondary N) is 1. The third kappa shape index (κ3) is 4.95. The molecule has 0 radical (unpaired) electrons. The molecule has 1 aliphatic rings. The molecule has 3 rings (SSSR count). The van der Waals surface area contributed by atoms with Gasteiger partial charge < -0.3 is 19.5 Å². The van der Waals surface area contributed by atoms with E-state index in [0.29, 0.717) is 30.4 Å². The molecule has 0 spiro atoms. The van der Waals surface area contributed by atoms with Gasteiger partial charge in [0.15, 0.2) is 18.1 Å². The lowest BCUT2D eigenvalue weighted by molar-refractivity contribution is -0.124. The van der Waals surface area contributed by atoms with Gasteiger partial charge in [0.2, 0.25) is 6.79 Å². The minimum atomic E-state index is -0.653. The Hall–Kier alpha value is -2.73. The molecule has 2 aromatic rings. The van der Waals surface area contributed by atoms with Crippen molar-refractivity contribution < 1.29 is 23.8 Å². The van der Waals surface area contributed by atoms with Crippen molar-refractivity contribution in [2.24, 2.45) is 0 Å². The third-order valence-electron chi connectivity index (χ3n) is 4.38. The molecule has 1 aliphatic heterocycles. The van der Waals surface area contributed by atoms with E-state index in [9.17, 15) is 9.59 Å². The van der Waals surface area contributed by atoms with Crippen molar-refractivity contribution in [3.05, 3.63) is 58.1 Å². The quantitative estimate of drug-likeness (QED) is 0.713. The van der Waals surface area contributed by atoms with E-state index >= 15 is 0 Å². The van der Waals surface area contributed by atoms with Crippen molar-refractivity contribution in [3.8, 4) is 11.5 Å². The van der Waals surface area contributed by atoms with E-state index in [4.69, 9.17) is 25.8 Å². The van der Waals surface area contributed by atoms with E-state index in [1.165, 1.54) is 17.7 Å². The summed E-state index contributed by atoms with van der Waals surface area (Å²) in [4.78, 5) is 24.0. The van der Waals surface area contributed by atoms with Crippen LogP contribution in [0.2, 0.25) is 5.02 Å². The number of amides is 1. The Kier molecular flexibility index (Phi) is 6.41. The average molecular weight is 404 g/mol. The second-order valence-corrected chi connectivity index (χ2v) is 7.17. The highest BCUT2D eigenvalue weighted by Gasteiger charge is 2.21. The van der Waals surface area contributed by atoms with Gasteiger partial charge in [-0.05, 0) is 35.6 Å². The summed E-state index contributed by atoms with van der Waals surface area (Å²) in [7, 11) is 0. The third-order valence-corrected chi connectivity index (χ3v) is 4.66. The van der Waals surface area contributed by atoms with Gasteiger partial charge in [-0.1, -0.05) is 49.7 Å². The molecule has 0 unspecified atom stereocenters. The second kappa shape index (κ2) is 8.97. The highest BCUT2D eigenvalue weighted by molar-refractivity contribution is 6.32. The molecule has 0 fully saturated rings. The zero-order valence-electron chi connectivity index (χ0n) is 15.8. The van der Waals surface area contributed by atoms with E-state index in [2.05, 4.69) is 43.4 Å². The number of benzene rings is 2. The zero-order chi connectivity index (χ0) is 20.1. The Morgan fingerprint density at radius 2 is 1.93 bits per heavy atom. The molecular weight excluding hydrogens is 382 g/mol. The van der Waals surface area contributed by atoms with Crippen LogP contribution in [-0.4, -0.2) is 31.8 Å². The first-order valence-corrected chi connectivity index (χ1v) is 9.43. The normalized spacial score (nSPS) is 12.1. The molecular formula is C21H22ClNO5. The van der Waals surface area contributed by atoms with Gasteiger partial charge in [-0.15, -0.1) is 0 Å². The molecule has 6 nitrogen and oxygen atoms in total.